The van der Waals surface area contributed by atoms with Crippen molar-refractivity contribution in [2.75, 3.05) is 6.61 Å². The van der Waals surface area contributed by atoms with Crippen molar-refractivity contribution in [2.24, 2.45) is 11.8 Å². The first-order valence-corrected chi connectivity index (χ1v) is 12.8. The predicted octanol–water partition coefficient (Wildman–Crippen LogP) is 6.57. The number of amides is 1. The summed E-state index contributed by atoms with van der Waals surface area (Å²) in [5.74, 6) is 0.763. The van der Waals surface area contributed by atoms with Gasteiger partial charge in [-0.1, -0.05) is 62.4 Å². The minimum atomic E-state index is -0.194. The maximum atomic E-state index is 13.3. The van der Waals surface area contributed by atoms with Crippen molar-refractivity contribution in [2.45, 2.75) is 76.8 Å². The summed E-state index contributed by atoms with van der Waals surface area (Å²) in [5.41, 5.74) is 4.96. The van der Waals surface area contributed by atoms with Gasteiger partial charge in [0, 0.05) is 29.8 Å². The van der Waals surface area contributed by atoms with Gasteiger partial charge in [-0.15, -0.1) is 0 Å². The number of Topliss-reactive ketones (excluding diaryl/α,β-unsaturated/α-hetero) is 1. The van der Waals surface area contributed by atoms with Crippen molar-refractivity contribution in [3.63, 3.8) is 0 Å². The minimum Gasteiger partial charge on any atom is -0.448 e. The Morgan fingerprint density at radius 1 is 0.909 bits per heavy atom. The quantitative estimate of drug-likeness (QED) is 0.505. The van der Waals surface area contributed by atoms with Gasteiger partial charge in [0.2, 0.25) is 0 Å². The molecule has 2 bridgehead atoms. The van der Waals surface area contributed by atoms with Gasteiger partial charge in [0.25, 0.3) is 0 Å². The van der Waals surface area contributed by atoms with Gasteiger partial charge in [0.05, 0.1) is 0 Å². The van der Waals surface area contributed by atoms with Crippen LogP contribution in [0.4, 0.5) is 4.79 Å². The van der Waals surface area contributed by atoms with E-state index in [1.807, 2.05) is 4.90 Å². The molecule has 0 N–H and O–H groups in total. The van der Waals surface area contributed by atoms with Crippen LogP contribution in [0.2, 0.25) is 0 Å². The summed E-state index contributed by atoms with van der Waals surface area (Å²) in [6, 6.07) is 17.1. The molecule has 5 rings (SSSR count). The lowest BCUT2D eigenvalue weighted by Gasteiger charge is -2.48. The standard InChI is InChI=1S/C29H35NO3/c1-3-19(4-2)28(31)20-16-21-10-9-11-22(17-20)30(21)29(32)33-18-27-25-14-7-5-12-23(25)24-13-6-8-15-26(24)27/h5-8,12-15,19-22,27H,3-4,9-11,16-18H2,1-2H3. The van der Waals surface area contributed by atoms with E-state index >= 15 is 0 Å². The van der Waals surface area contributed by atoms with Crippen molar-refractivity contribution in [3.05, 3.63) is 59.7 Å². The van der Waals surface area contributed by atoms with Crippen LogP contribution in [0.25, 0.3) is 11.1 Å². The molecule has 2 fully saturated rings. The third-order valence-corrected chi connectivity index (χ3v) is 8.31. The molecule has 1 amide bonds. The molecule has 0 aromatic heterocycles. The third-order valence-electron chi connectivity index (χ3n) is 8.31. The lowest BCUT2D eigenvalue weighted by atomic mass is 9.74. The van der Waals surface area contributed by atoms with Gasteiger partial charge in [0.15, 0.2) is 0 Å². The molecule has 4 heteroatoms. The van der Waals surface area contributed by atoms with E-state index < -0.39 is 0 Å². The Morgan fingerprint density at radius 3 is 2.00 bits per heavy atom. The van der Waals surface area contributed by atoms with Crippen LogP contribution < -0.4 is 0 Å². The van der Waals surface area contributed by atoms with E-state index in [0.717, 1.165) is 44.9 Å². The fourth-order valence-electron chi connectivity index (χ4n) is 6.60. The molecule has 3 aliphatic rings. The molecule has 2 saturated heterocycles. The van der Waals surface area contributed by atoms with Crippen LogP contribution in [-0.2, 0) is 9.53 Å². The average Bonchev–Trinajstić information content (AvgIpc) is 3.16. The van der Waals surface area contributed by atoms with Gasteiger partial charge in [-0.05, 0) is 67.2 Å². The molecule has 1 aliphatic carbocycles. The van der Waals surface area contributed by atoms with E-state index in [9.17, 15) is 9.59 Å². The van der Waals surface area contributed by atoms with Crippen molar-refractivity contribution in [1.29, 1.82) is 0 Å². The van der Waals surface area contributed by atoms with Crippen LogP contribution in [-0.4, -0.2) is 35.5 Å². The zero-order valence-electron chi connectivity index (χ0n) is 19.8. The Morgan fingerprint density at radius 2 is 1.45 bits per heavy atom. The van der Waals surface area contributed by atoms with E-state index in [1.165, 1.54) is 22.3 Å². The molecular weight excluding hydrogens is 410 g/mol. The van der Waals surface area contributed by atoms with Gasteiger partial charge in [-0.25, -0.2) is 4.79 Å². The van der Waals surface area contributed by atoms with Crippen molar-refractivity contribution >= 4 is 11.9 Å². The van der Waals surface area contributed by atoms with Crippen molar-refractivity contribution in [1.82, 2.24) is 4.90 Å². The smallest absolute Gasteiger partial charge is 0.410 e. The summed E-state index contributed by atoms with van der Waals surface area (Å²) in [6.45, 7) is 4.58. The summed E-state index contributed by atoms with van der Waals surface area (Å²) in [6.07, 6.45) is 6.33. The van der Waals surface area contributed by atoms with E-state index in [2.05, 4.69) is 62.4 Å². The summed E-state index contributed by atoms with van der Waals surface area (Å²) in [7, 11) is 0. The number of piperidine rings is 2. The monoisotopic (exact) mass is 445 g/mol. The number of carbonyl (C=O) groups is 2. The number of rotatable bonds is 6. The Balaban J connectivity index is 1.29. The maximum Gasteiger partial charge on any atom is 0.410 e. The second-order valence-corrected chi connectivity index (χ2v) is 10.0. The molecule has 2 aromatic carbocycles. The molecule has 0 saturated carbocycles. The number of fused-ring (bicyclic) bond motifs is 5. The van der Waals surface area contributed by atoms with E-state index in [4.69, 9.17) is 4.74 Å². The first-order valence-electron chi connectivity index (χ1n) is 12.8. The highest BCUT2D eigenvalue weighted by molar-refractivity contribution is 5.84. The number of carbonyl (C=O) groups excluding carboxylic acids is 2. The Bertz CT molecular complexity index is 968. The summed E-state index contributed by atoms with van der Waals surface area (Å²) in [4.78, 5) is 28.4. The molecule has 174 valence electrons. The number of ketones is 1. The first kappa shape index (κ1) is 22.2. The molecule has 2 unspecified atom stereocenters. The van der Waals surface area contributed by atoms with E-state index in [-0.39, 0.29) is 35.9 Å². The highest BCUT2D eigenvalue weighted by atomic mass is 16.6. The maximum absolute atomic E-state index is 13.3. The highest BCUT2D eigenvalue weighted by Gasteiger charge is 2.44. The average molecular weight is 446 g/mol. The zero-order chi connectivity index (χ0) is 22.9. The molecule has 2 aliphatic heterocycles. The summed E-state index contributed by atoms with van der Waals surface area (Å²) in [5, 5.41) is 0. The summed E-state index contributed by atoms with van der Waals surface area (Å²) < 4.78 is 6.00. The number of benzene rings is 2. The van der Waals surface area contributed by atoms with Gasteiger partial charge >= 0.3 is 6.09 Å². The molecule has 2 heterocycles. The number of ether oxygens (including phenoxy) is 1. The lowest BCUT2D eigenvalue weighted by Crippen LogP contribution is -2.56. The Hall–Kier alpha value is -2.62. The molecular formula is C29H35NO3. The van der Waals surface area contributed by atoms with Gasteiger partial charge in [0.1, 0.15) is 12.4 Å². The second kappa shape index (κ2) is 9.32. The SMILES string of the molecule is CCC(CC)C(=O)C1CC2CCCC(C1)N2C(=O)OCC1c2ccccc2-c2ccccc21. The topological polar surface area (TPSA) is 46.6 Å². The molecule has 4 nitrogen and oxygen atoms in total. The third kappa shape index (κ3) is 3.98. The Labute approximate surface area is 197 Å². The predicted molar refractivity (Wildman–Crippen MR) is 130 cm³/mol. The van der Waals surface area contributed by atoms with Gasteiger partial charge in [-0.3, -0.25) is 4.79 Å². The minimum absolute atomic E-state index is 0.0789. The lowest BCUT2D eigenvalue weighted by molar-refractivity contribution is -0.130. The normalized spacial score (nSPS) is 23.8. The molecule has 0 spiro atoms. The summed E-state index contributed by atoms with van der Waals surface area (Å²) >= 11 is 0. The molecule has 2 atom stereocenters. The Kier molecular flexibility index (Phi) is 6.27. The van der Waals surface area contributed by atoms with Crippen molar-refractivity contribution < 1.29 is 14.3 Å². The molecule has 33 heavy (non-hydrogen) atoms. The molecule has 0 radical (unpaired) electrons. The van der Waals surface area contributed by atoms with E-state index in [1.54, 1.807) is 0 Å². The van der Waals surface area contributed by atoms with Crippen LogP contribution >= 0.6 is 0 Å². The van der Waals surface area contributed by atoms with Gasteiger partial charge < -0.3 is 9.64 Å². The fraction of sp³-hybridized carbons (Fsp3) is 0.517. The number of nitrogens with zero attached hydrogens (tertiary/aromatic N) is 1. The number of hydrogen-bond donors (Lipinski definition) is 0. The number of hydrogen-bond acceptors (Lipinski definition) is 3. The van der Waals surface area contributed by atoms with Crippen LogP contribution in [0.1, 0.15) is 75.8 Å². The first-order chi connectivity index (χ1) is 16.1. The molecule has 2 aromatic rings. The highest BCUT2D eigenvalue weighted by Crippen LogP contribution is 2.45. The van der Waals surface area contributed by atoms with Crippen molar-refractivity contribution in [3.8, 4) is 11.1 Å². The van der Waals surface area contributed by atoms with Crippen LogP contribution in [0, 0.1) is 11.8 Å². The van der Waals surface area contributed by atoms with E-state index in [0.29, 0.717) is 12.4 Å². The fourth-order valence-corrected chi connectivity index (χ4v) is 6.60. The van der Waals surface area contributed by atoms with Crippen LogP contribution in [0.5, 0.6) is 0 Å². The van der Waals surface area contributed by atoms with Gasteiger partial charge in [-0.2, -0.15) is 0 Å². The zero-order valence-corrected chi connectivity index (χ0v) is 19.8. The second-order valence-electron chi connectivity index (χ2n) is 10.0. The van der Waals surface area contributed by atoms with Crippen LogP contribution in [0.15, 0.2) is 48.5 Å². The largest absolute Gasteiger partial charge is 0.448 e. The van der Waals surface area contributed by atoms with Crippen LogP contribution in [0.3, 0.4) is 0 Å².